The third kappa shape index (κ3) is 7.48. The third-order valence-corrected chi connectivity index (χ3v) is 8.02. The minimum absolute atomic E-state index is 0.0525. The normalized spacial score (nSPS) is 18.0. The van der Waals surface area contributed by atoms with Gasteiger partial charge in [0.1, 0.15) is 0 Å². The molecule has 218 valence electrons. The Morgan fingerprint density at radius 1 is 0.878 bits per heavy atom. The fraction of sp³-hybridized carbons (Fsp3) is 0.371. The average Bonchev–Trinajstić information content (AvgIpc) is 2.99. The molecule has 0 aromatic heterocycles. The van der Waals surface area contributed by atoms with E-state index in [0.29, 0.717) is 23.1 Å². The van der Waals surface area contributed by atoms with E-state index in [-0.39, 0.29) is 41.4 Å². The zero-order valence-electron chi connectivity index (χ0n) is 23.5. The summed E-state index contributed by atoms with van der Waals surface area (Å²) < 4.78 is 64.7. The monoisotopic (exact) mass is 566 g/mol. The fourth-order valence-electron chi connectivity index (χ4n) is 5.61. The zero-order valence-corrected chi connectivity index (χ0v) is 23.5. The number of benzene rings is 3. The summed E-state index contributed by atoms with van der Waals surface area (Å²) >= 11 is 0. The Balaban J connectivity index is 1.41. The number of unbranched alkanes of at least 4 members (excludes halogenated alkanes) is 1. The van der Waals surface area contributed by atoms with Crippen molar-refractivity contribution < 1.29 is 27.4 Å². The SMILES string of the molecule is C=CCCCOc1ccc(-c2ccc(/C=C/c3ccc(C4CCC(C(O)CCC)CC4)c(F)c3F)cc2)c(F)c1F. The number of hydrogen-bond donors (Lipinski definition) is 1. The van der Waals surface area contributed by atoms with Crippen LogP contribution in [0.2, 0.25) is 0 Å². The summed E-state index contributed by atoms with van der Waals surface area (Å²) in [5.74, 6) is -3.67. The molecule has 0 bridgehead atoms. The Bertz CT molecular complexity index is 1340. The lowest BCUT2D eigenvalue weighted by atomic mass is 9.76. The van der Waals surface area contributed by atoms with Crippen molar-refractivity contribution in [1.82, 2.24) is 0 Å². The summed E-state index contributed by atoms with van der Waals surface area (Å²) in [6, 6.07) is 12.9. The molecular formula is C35H38F4O2. The van der Waals surface area contributed by atoms with Gasteiger partial charge >= 0.3 is 0 Å². The van der Waals surface area contributed by atoms with Crippen LogP contribution in [0, 0.1) is 29.2 Å². The number of ether oxygens (including phenoxy) is 1. The molecule has 41 heavy (non-hydrogen) atoms. The lowest BCUT2D eigenvalue weighted by molar-refractivity contribution is 0.0727. The van der Waals surface area contributed by atoms with Crippen LogP contribution < -0.4 is 4.74 Å². The Kier molecular flexibility index (Phi) is 10.8. The smallest absolute Gasteiger partial charge is 0.201 e. The first kappa shape index (κ1) is 30.6. The minimum atomic E-state index is -1.03. The van der Waals surface area contributed by atoms with Crippen molar-refractivity contribution in [3.05, 3.63) is 101 Å². The first-order chi connectivity index (χ1) is 19.8. The molecule has 0 saturated heterocycles. The van der Waals surface area contributed by atoms with Crippen molar-refractivity contribution in [2.24, 2.45) is 5.92 Å². The van der Waals surface area contributed by atoms with Gasteiger partial charge in [-0.3, -0.25) is 0 Å². The van der Waals surface area contributed by atoms with Gasteiger partial charge in [0.05, 0.1) is 12.7 Å². The summed E-state index contributed by atoms with van der Waals surface area (Å²) in [4.78, 5) is 0. The van der Waals surface area contributed by atoms with E-state index >= 15 is 4.39 Å². The van der Waals surface area contributed by atoms with E-state index < -0.39 is 23.3 Å². The van der Waals surface area contributed by atoms with Crippen molar-refractivity contribution in [3.63, 3.8) is 0 Å². The van der Waals surface area contributed by atoms with Gasteiger partial charge in [-0.15, -0.1) is 6.58 Å². The van der Waals surface area contributed by atoms with Gasteiger partial charge in [0.2, 0.25) is 5.82 Å². The maximum absolute atomic E-state index is 15.1. The molecule has 4 rings (SSSR count). The first-order valence-electron chi connectivity index (χ1n) is 14.5. The van der Waals surface area contributed by atoms with Crippen LogP contribution >= 0.6 is 0 Å². The topological polar surface area (TPSA) is 29.5 Å². The van der Waals surface area contributed by atoms with Crippen molar-refractivity contribution >= 4 is 12.2 Å². The Labute approximate surface area is 240 Å². The van der Waals surface area contributed by atoms with Crippen LogP contribution in [0.3, 0.4) is 0 Å². The number of allylic oxidation sites excluding steroid dienone is 1. The zero-order chi connectivity index (χ0) is 29.4. The molecule has 2 nitrogen and oxygen atoms in total. The van der Waals surface area contributed by atoms with Gasteiger partial charge in [-0.1, -0.05) is 68.0 Å². The number of aliphatic hydroxyl groups is 1. The second-order valence-corrected chi connectivity index (χ2v) is 10.8. The van der Waals surface area contributed by atoms with E-state index in [1.807, 2.05) is 6.92 Å². The number of halogens is 4. The highest BCUT2D eigenvalue weighted by Crippen LogP contribution is 2.39. The second-order valence-electron chi connectivity index (χ2n) is 10.8. The molecule has 0 heterocycles. The highest BCUT2D eigenvalue weighted by molar-refractivity contribution is 5.73. The maximum Gasteiger partial charge on any atom is 0.201 e. The van der Waals surface area contributed by atoms with Gasteiger partial charge in [0.15, 0.2) is 23.2 Å². The molecule has 1 N–H and O–H groups in total. The predicted molar refractivity (Wildman–Crippen MR) is 158 cm³/mol. The van der Waals surface area contributed by atoms with Gasteiger partial charge < -0.3 is 9.84 Å². The Morgan fingerprint density at radius 3 is 2.29 bits per heavy atom. The van der Waals surface area contributed by atoms with Crippen LogP contribution in [-0.2, 0) is 0 Å². The standard InChI is InChI=1S/C35H38F4O2/c1-3-5-6-22-41-31-21-20-29(34(38)35(31)39)24-11-8-23(9-12-24)10-13-27-18-19-28(33(37)32(27)36)25-14-16-26(17-15-25)30(40)7-4-2/h3,8-13,18-21,25-26,30,40H,1,4-7,14-17,22H2,2H3/b13-10+. The van der Waals surface area contributed by atoms with E-state index in [2.05, 4.69) is 6.58 Å². The summed E-state index contributed by atoms with van der Waals surface area (Å²) in [6.07, 6.45) is 10.8. The summed E-state index contributed by atoms with van der Waals surface area (Å²) in [5.41, 5.74) is 1.82. The van der Waals surface area contributed by atoms with E-state index in [0.717, 1.165) is 44.9 Å². The van der Waals surface area contributed by atoms with Crippen LogP contribution in [0.5, 0.6) is 5.75 Å². The Morgan fingerprint density at radius 2 is 1.61 bits per heavy atom. The van der Waals surface area contributed by atoms with Crippen molar-refractivity contribution in [1.29, 1.82) is 0 Å². The third-order valence-electron chi connectivity index (χ3n) is 8.02. The van der Waals surface area contributed by atoms with Gasteiger partial charge in [-0.2, -0.15) is 4.39 Å². The minimum Gasteiger partial charge on any atom is -0.490 e. The summed E-state index contributed by atoms with van der Waals surface area (Å²) in [6.45, 7) is 5.93. The molecule has 0 amide bonds. The molecule has 1 saturated carbocycles. The summed E-state index contributed by atoms with van der Waals surface area (Å²) in [7, 11) is 0. The van der Waals surface area contributed by atoms with Crippen molar-refractivity contribution in [2.45, 2.75) is 70.3 Å². The van der Waals surface area contributed by atoms with Crippen molar-refractivity contribution in [2.75, 3.05) is 6.61 Å². The van der Waals surface area contributed by atoms with E-state index in [1.165, 1.54) is 18.2 Å². The predicted octanol–water partition coefficient (Wildman–Crippen LogP) is 9.86. The highest BCUT2D eigenvalue weighted by atomic mass is 19.2. The summed E-state index contributed by atoms with van der Waals surface area (Å²) in [5, 5.41) is 10.3. The number of hydrogen-bond acceptors (Lipinski definition) is 2. The van der Waals surface area contributed by atoms with E-state index in [9.17, 15) is 18.3 Å². The quantitative estimate of drug-likeness (QED) is 0.102. The molecule has 1 atom stereocenters. The van der Waals surface area contributed by atoms with Gasteiger partial charge in [0, 0.05) is 11.1 Å². The molecule has 1 fully saturated rings. The van der Waals surface area contributed by atoms with Crippen LogP contribution in [0.1, 0.15) is 80.9 Å². The molecule has 1 aliphatic carbocycles. The van der Waals surface area contributed by atoms with Crippen molar-refractivity contribution in [3.8, 4) is 16.9 Å². The largest absolute Gasteiger partial charge is 0.490 e. The molecule has 3 aromatic rings. The second kappa shape index (κ2) is 14.5. The lowest BCUT2D eigenvalue weighted by Gasteiger charge is -2.32. The molecule has 6 heteroatoms. The molecule has 0 radical (unpaired) electrons. The van der Waals surface area contributed by atoms with E-state index in [4.69, 9.17) is 4.74 Å². The Hall–Kier alpha value is -3.38. The molecule has 3 aromatic carbocycles. The van der Waals surface area contributed by atoms with Crippen LogP contribution in [0.15, 0.2) is 61.2 Å². The fourth-order valence-corrected chi connectivity index (χ4v) is 5.61. The molecule has 1 aliphatic rings. The van der Waals surface area contributed by atoms with Gasteiger partial charge in [-0.25, -0.2) is 13.2 Å². The maximum atomic E-state index is 15.1. The van der Waals surface area contributed by atoms with Gasteiger partial charge in [-0.05, 0) is 85.6 Å². The number of rotatable bonds is 12. The molecule has 1 unspecified atom stereocenters. The number of aliphatic hydroxyl groups excluding tert-OH is 1. The molecule has 0 aliphatic heterocycles. The average molecular weight is 567 g/mol. The highest BCUT2D eigenvalue weighted by Gasteiger charge is 2.29. The first-order valence-corrected chi connectivity index (χ1v) is 14.5. The van der Waals surface area contributed by atoms with E-state index in [1.54, 1.807) is 48.6 Å². The van der Waals surface area contributed by atoms with Crippen LogP contribution in [0.4, 0.5) is 17.6 Å². The molecule has 0 spiro atoms. The van der Waals surface area contributed by atoms with Crippen LogP contribution in [-0.4, -0.2) is 17.8 Å². The van der Waals surface area contributed by atoms with Gasteiger partial charge in [0.25, 0.3) is 0 Å². The molecular weight excluding hydrogens is 528 g/mol. The van der Waals surface area contributed by atoms with Crippen LogP contribution in [0.25, 0.3) is 23.3 Å². The lowest BCUT2D eigenvalue weighted by Crippen LogP contribution is -2.25.